The SMILES string of the molecule is c1ccc2c(c1)-c1ccc(N(c3ccc4sc5ccccc5c4c3)c3cccc4c3-c3ccccc3C43C4CCC5CC(C4)CC3C5)cc1C21CC2CCC1C2. The van der Waals surface area contributed by atoms with E-state index in [-0.39, 0.29) is 10.8 Å². The minimum absolute atomic E-state index is 0.125. The summed E-state index contributed by atoms with van der Waals surface area (Å²) in [7, 11) is 0. The van der Waals surface area contributed by atoms with Crippen LogP contribution in [0.1, 0.15) is 86.5 Å². The molecule has 1 aromatic heterocycles. The zero-order valence-corrected chi connectivity index (χ0v) is 32.8. The van der Waals surface area contributed by atoms with Crippen LogP contribution in [0.5, 0.6) is 0 Å². The van der Waals surface area contributed by atoms with Crippen LogP contribution in [0.25, 0.3) is 42.4 Å². The van der Waals surface area contributed by atoms with E-state index in [1.165, 1.54) is 124 Å². The molecule has 15 rings (SSSR count). The van der Waals surface area contributed by atoms with Gasteiger partial charge in [0.2, 0.25) is 0 Å². The maximum Gasteiger partial charge on any atom is 0.0543 e. The van der Waals surface area contributed by atoms with E-state index in [1.807, 2.05) is 11.3 Å². The maximum absolute atomic E-state index is 2.70. The van der Waals surface area contributed by atoms with Gasteiger partial charge in [-0.15, -0.1) is 11.3 Å². The molecule has 2 spiro atoms. The second-order valence-corrected chi connectivity index (χ2v) is 20.3. The van der Waals surface area contributed by atoms with E-state index in [9.17, 15) is 0 Å². The predicted molar refractivity (Wildman–Crippen MR) is 234 cm³/mol. The first-order valence-corrected chi connectivity index (χ1v) is 22.7. The molecule has 0 amide bonds. The van der Waals surface area contributed by atoms with Crippen LogP contribution in [0.15, 0.2) is 127 Å². The van der Waals surface area contributed by atoms with E-state index in [1.54, 1.807) is 22.3 Å². The zero-order chi connectivity index (χ0) is 36.3. The summed E-state index contributed by atoms with van der Waals surface area (Å²) in [6.45, 7) is 0. The Morgan fingerprint density at radius 3 is 2.07 bits per heavy atom. The number of hydrogen-bond donors (Lipinski definition) is 0. The van der Waals surface area contributed by atoms with Gasteiger partial charge in [0.25, 0.3) is 0 Å². The minimum Gasteiger partial charge on any atom is -0.310 e. The van der Waals surface area contributed by atoms with Crippen molar-refractivity contribution in [3.63, 3.8) is 0 Å². The Morgan fingerprint density at radius 1 is 0.464 bits per heavy atom. The zero-order valence-electron chi connectivity index (χ0n) is 32.0. The van der Waals surface area contributed by atoms with Crippen LogP contribution in [0.2, 0.25) is 0 Å². The van der Waals surface area contributed by atoms with Crippen LogP contribution in [-0.4, -0.2) is 0 Å². The van der Waals surface area contributed by atoms with Crippen LogP contribution in [0.4, 0.5) is 17.1 Å². The number of thiophene rings is 1. The summed E-state index contributed by atoms with van der Waals surface area (Å²) in [5.74, 6) is 4.90. The van der Waals surface area contributed by atoms with E-state index < -0.39 is 0 Å². The van der Waals surface area contributed by atoms with Crippen molar-refractivity contribution in [2.45, 2.75) is 75.0 Å². The van der Waals surface area contributed by atoms with Gasteiger partial charge in [-0.1, -0.05) is 97.8 Å². The Kier molecular flexibility index (Phi) is 6.20. The lowest BCUT2D eigenvalue weighted by molar-refractivity contribution is 0.0618. The highest BCUT2D eigenvalue weighted by atomic mass is 32.1. The topological polar surface area (TPSA) is 3.24 Å². The number of fused-ring (bicyclic) bond motifs is 15. The number of nitrogens with zero attached hydrogens (tertiary/aromatic N) is 1. The van der Waals surface area contributed by atoms with Crippen LogP contribution in [-0.2, 0) is 10.8 Å². The predicted octanol–water partition coefficient (Wildman–Crippen LogP) is 14.7. The first-order valence-electron chi connectivity index (χ1n) is 21.9. The average molecular weight is 742 g/mol. The highest BCUT2D eigenvalue weighted by molar-refractivity contribution is 7.25. The van der Waals surface area contributed by atoms with Gasteiger partial charge in [0.05, 0.1) is 5.69 Å². The molecule has 0 radical (unpaired) electrons. The molecule has 8 unspecified atom stereocenters. The van der Waals surface area contributed by atoms with Crippen LogP contribution >= 0.6 is 11.3 Å². The molecule has 0 N–H and O–H groups in total. The quantitative estimate of drug-likeness (QED) is 0.174. The van der Waals surface area contributed by atoms with Crippen LogP contribution in [0.3, 0.4) is 0 Å². The summed E-state index contributed by atoms with van der Waals surface area (Å²) < 4.78 is 2.74. The molecule has 6 bridgehead atoms. The lowest BCUT2D eigenvalue weighted by Gasteiger charge is -2.53. The largest absolute Gasteiger partial charge is 0.310 e. The third-order valence-corrected chi connectivity index (χ3v) is 18.2. The molecule has 0 aliphatic heterocycles. The van der Waals surface area contributed by atoms with Crippen molar-refractivity contribution in [1.82, 2.24) is 0 Å². The number of rotatable bonds is 3. The van der Waals surface area contributed by atoms with E-state index in [2.05, 4.69) is 132 Å². The summed E-state index contributed by atoms with van der Waals surface area (Å²) in [6, 6.07) is 50.7. The highest BCUT2D eigenvalue weighted by Crippen LogP contribution is 2.70. The Bertz CT molecular complexity index is 2800. The van der Waals surface area contributed by atoms with Gasteiger partial charge in [0, 0.05) is 47.9 Å². The molecular formula is C54H47NS. The maximum atomic E-state index is 2.70. The smallest absolute Gasteiger partial charge is 0.0543 e. The van der Waals surface area contributed by atoms with Gasteiger partial charge >= 0.3 is 0 Å². The van der Waals surface area contributed by atoms with Crippen molar-refractivity contribution in [2.75, 3.05) is 4.90 Å². The molecule has 8 atom stereocenters. The molecule has 6 saturated carbocycles. The average Bonchev–Trinajstić information content (AvgIpc) is 4.03. The Morgan fingerprint density at radius 2 is 1.16 bits per heavy atom. The third-order valence-electron chi connectivity index (χ3n) is 17.0. The van der Waals surface area contributed by atoms with Gasteiger partial charge in [-0.3, -0.25) is 0 Å². The third kappa shape index (κ3) is 3.84. The molecule has 7 aromatic rings. The lowest BCUT2D eigenvalue weighted by atomic mass is 9.51. The minimum atomic E-state index is 0.125. The fourth-order valence-corrected chi connectivity index (χ4v) is 16.4. The number of hydrogen-bond acceptors (Lipinski definition) is 2. The molecule has 56 heavy (non-hydrogen) atoms. The normalized spacial score (nSPS) is 31.0. The first kappa shape index (κ1) is 31.4. The van der Waals surface area contributed by atoms with Crippen LogP contribution in [0, 0.1) is 35.5 Å². The number of anilines is 3. The van der Waals surface area contributed by atoms with Gasteiger partial charge in [0.15, 0.2) is 0 Å². The molecule has 0 saturated heterocycles. The Hall–Kier alpha value is -4.66. The summed E-state index contributed by atoms with van der Waals surface area (Å²) in [5, 5.41) is 2.74. The summed E-state index contributed by atoms with van der Waals surface area (Å²) >= 11 is 1.92. The molecule has 274 valence electrons. The molecular weight excluding hydrogens is 695 g/mol. The molecule has 8 aliphatic rings. The van der Waals surface area contributed by atoms with Gasteiger partial charge in [0.1, 0.15) is 0 Å². The monoisotopic (exact) mass is 741 g/mol. The van der Waals surface area contributed by atoms with Gasteiger partial charge in [-0.05, 0) is 168 Å². The van der Waals surface area contributed by atoms with Crippen molar-refractivity contribution < 1.29 is 0 Å². The molecule has 8 aliphatic carbocycles. The van der Waals surface area contributed by atoms with Crippen molar-refractivity contribution in [2.24, 2.45) is 35.5 Å². The lowest BCUT2D eigenvalue weighted by Crippen LogP contribution is -2.48. The summed E-state index contributed by atoms with van der Waals surface area (Å²) in [5.41, 5.74) is 16.6. The fraction of sp³-hybridized carbons (Fsp3) is 0.333. The van der Waals surface area contributed by atoms with E-state index >= 15 is 0 Å². The van der Waals surface area contributed by atoms with Crippen molar-refractivity contribution in [1.29, 1.82) is 0 Å². The van der Waals surface area contributed by atoms with Crippen molar-refractivity contribution in [3.05, 3.63) is 150 Å². The van der Waals surface area contributed by atoms with Crippen LogP contribution < -0.4 is 4.90 Å². The fourth-order valence-electron chi connectivity index (χ4n) is 15.3. The van der Waals surface area contributed by atoms with Gasteiger partial charge in [-0.25, -0.2) is 0 Å². The molecule has 2 heteroatoms. The van der Waals surface area contributed by atoms with Crippen molar-refractivity contribution in [3.8, 4) is 22.3 Å². The molecule has 6 aromatic carbocycles. The molecule has 1 nitrogen and oxygen atoms in total. The highest BCUT2D eigenvalue weighted by Gasteiger charge is 2.60. The first-order chi connectivity index (χ1) is 27.7. The summed E-state index contributed by atoms with van der Waals surface area (Å²) in [6.07, 6.45) is 14.0. The second kappa shape index (κ2) is 11.0. The molecule has 6 fully saturated rings. The molecule has 1 heterocycles. The Labute approximate surface area is 334 Å². The van der Waals surface area contributed by atoms with Gasteiger partial charge in [-0.2, -0.15) is 0 Å². The summed E-state index contributed by atoms with van der Waals surface area (Å²) in [4.78, 5) is 2.70. The standard InChI is InChI=1S/C54H47NS/c1-4-11-45-40(8-1)41-22-20-39(30-48(41)53(45)31-33-17-18-35(53)26-33)55(38-21-23-51-44(29-38)42-9-3-6-15-50(42)56-51)49-14-7-13-47-52(49)43-10-2-5-12-46(43)54(47)36-19-16-32-24-34(27-36)28-37(54)25-32/h1-15,20-23,29-30,32-37H,16-19,24-28,31H2. The second-order valence-electron chi connectivity index (χ2n) is 19.2. The van der Waals surface area contributed by atoms with E-state index in [0.29, 0.717) is 0 Å². The van der Waals surface area contributed by atoms with Gasteiger partial charge < -0.3 is 4.90 Å². The van der Waals surface area contributed by atoms with E-state index in [0.717, 1.165) is 35.5 Å². The van der Waals surface area contributed by atoms with E-state index in [4.69, 9.17) is 0 Å². The Balaban J connectivity index is 1.04. The number of benzene rings is 6. The van der Waals surface area contributed by atoms with Crippen molar-refractivity contribution >= 4 is 48.6 Å².